The molecule has 0 aliphatic carbocycles. The van der Waals surface area contributed by atoms with Crippen LogP contribution in [0.3, 0.4) is 0 Å². The van der Waals surface area contributed by atoms with E-state index < -0.39 is 0 Å². The summed E-state index contributed by atoms with van der Waals surface area (Å²) >= 11 is 2.06. The van der Waals surface area contributed by atoms with E-state index in [1.165, 1.54) is 18.6 Å². The molecule has 6 heteroatoms. The third kappa shape index (κ3) is 3.94. The molecule has 5 nitrogen and oxygen atoms in total. The van der Waals surface area contributed by atoms with Gasteiger partial charge >= 0.3 is 0 Å². The second kappa shape index (κ2) is 7.54. The minimum Gasteiger partial charge on any atom is -0.356 e. The van der Waals surface area contributed by atoms with Gasteiger partial charge in [-0.1, -0.05) is 6.07 Å². The number of nitrogens with zero attached hydrogens (tertiary/aromatic N) is 3. The molecule has 0 saturated carbocycles. The summed E-state index contributed by atoms with van der Waals surface area (Å²) in [5.74, 6) is 2.18. The Balaban J connectivity index is 1.44. The molecule has 3 heterocycles. The predicted molar refractivity (Wildman–Crippen MR) is 93.7 cm³/mol. The van der Waals surface area contributed by atoms with Crippen molar-refractivity contribution in [3.63, 3.8) is 0 Å². The van der Waals surface area contributed by atoms with Crippen LogP contribution in [-0.4, -0.2) is 46.5 Å². The van der Waals surface area contributed by atoms with Crippen molar-refractivity contribution in [1.29, 1.82) is 0 Å². The maximum atomic E-state index is 4.60. The zero-order valence-electron chi connectivity index (χ0n) is 13.0. The summed E-state index contributed by atoms with van der Waals surface area (Å²) in [6.45, 7) is 1.83. The lowest BCUT2D eigenvalue weighted by Crippen LogP contribution is -2.40. The first kappa shape index (κ1) is 15.2. The molecule has 0 bridgehead atoms. The lowest BCUT2D eigenvalue weighted by molar-refractivity contribution is 0.723. The van der Waals surface area contributed by atoms with Gasteiger partial charge in [-0.25, -0.2) is 4.98 Å². The molecule has 1 aliphatic rings. The molecule has 1 saturated heterocycles. The Hall–Kier alpha value is -1.69. The summed E-state index contributed by atoms with van der Waals surface area (Å²) in [4.78, 5) is 8.89. The van der Waals surface area contributed by atoms with E-state index in [9.17, 15) is 0 Å². The number of pyridine rings is 1. The minimum absolute atomic E-state index is 0.733. The Kier molecular flexibility index (Phi) is 5.21. The normalized spacial score (nSPS) is 18.8. The minimum atomic E-state index is 0.733. The number of hydrogen-bond acceptors (Lipinski definition) is 3. The molecule has 2 aromatic rings. The lowest BCUT2D eigenvalue weighted by Gasteiger charge is -2.14. The molecule has 22 heavy (non-hydrogen) atoms. The summed E-state index contributed by atoms with van der Waals surface area (Å²) in [6, 6.07) is 6.05. The Morgan fingerprint density at radius 3 is 3.18 bits per heavy atom. The van der Waals surface area contributed by atoms with Gasteiger partial charge in [0.1, 0.15) is 5.65 Å². The topological polar surface area (TPSA) is 53.7 Å². The van der Waals surface area contributed by atoms with Crippen LogP contribution in [0.15, 0.2) is 35.6 Å². The molecule has 1 atom stereocenters. The third-order valence-corrected chi connectivity index (χ3v) is 5.23. The van der Waals surface area contributed by atoms with Crippen molar-refractivity contribution < 1.29 is 0 Å². The molecule has 2 aromatic heterocycles. The van der Waals surface area contributed by atoms with Crippen LogP contribution < -0.4 is 10.6 Å². The van der Waals surface area contributed by atoms with Crippen molar-refractivity contribution in [1.82, 2.24) is 20.0 Å². The van der Waals surface area contributed by atoms with Crippen LogP contribution in [0.5, 0.6) is 0 Å². The lowest BCUT2D eigenvalue weighted by atomic mass is 10.2. The zero-order chi connectivity index (χ0) is 15.2. The quantitative estimate of drug-likeness (QED) is 0.654. The molecule has 0 radical (unpaired) electrons. The molecule has 1 unspecified atom stereocenters. The van der Waals surface area contributed by atoms with E-state index >= 15 is 0 Å². The van der Waals surface area contributed by atoms with E-state index in [1.807, 2.05) is 31.4 Å². The first-order valence-electron chi connectivity index (χ1n) is 7.84. The summed E-state index contributed by atoms with van der Waals surface area (Å²) in [7, 11) is 1.82. The maximum absolute atomic E-state index is 4.60. The van der Waals surface area contributed by atoms with Crippen molar-refractivity contribution in [2.45, 2.75) is 24.5 Å². The van der Waals surface area contributed by atoms with Gasteiger partial charge < -0.3 is 15.0 Å². The average Bonchev–Trinajstić information content (AvgIpc) is 3.19. The SMILES string of the molecule is CN=C(NCCc1cn2ccccc2n1)NCC1CCCS1. The largest absolute Gasteiger partial charge is 0.356 e. The van der Waals surface area contributed by atoms with Crippen LogP contribution in [0.1, 0.15) is 18.5 Å². The van der Waals surface area contributed by atoms with Gasteiger partial charge in [-0.15, -0.1) is 0 Å². The molecule has 1 fully saturated rings. The fourth-order valence-corrected chi connectivity index (χ4v) is 3.85. The van der Waals surface area contributed by atoms with Crippen molar-refractivity contribution in [3.8, 4) is 0 Å². The molecule has 1 aliphatic heterocycles. The van der Waals surface area contributed by atoms with Gasteiger partial charge in [0.15, 0.2) is 5.96 Å². The smallest absolute Gasteiger partial charge is 0.191 e. The van der Waals surface area contributed by atoms with E-state index in [-0.39, 0.29) is 0 Å². The van der Waals surface area contributed by atoms with Crippen molar-refractivity contribution in [2.75, 3.05) is 25.9 Å². The first-order chi connectivity index (χ1) is 10.8. The summed E-state index contributed by atoms with van der Waals surface area (Å²) in [5.41, 5.74) is 2.10. The van der Waals surface area contributed by atoms with E-state index in [4.69, 9.17) is 0 Å². The average molecular weight is 317 g/mol. The van der Waals surface area contributed by atoms with E-state index in [0.717, 1.165) is 42.1 Å². The number of guanidine groups is 1. The number of imidazole rings is 1. The predicted octanol–water partition coefficient (Wildman–Crippen LogP) is 1.94. The Labute approximate surface area is 135 Å². The number of aromatic nitrogens is 2. The van der Waals surface area contributed by atoms with Gasteiger partial charge in [-0.05, 0) is 30.7 Å². The fourth-order valence-electron chi connectivity index (χ4n) is 2.65. The Bertz CT molecular complexity index is 597. The van der Waals surface area contributed by atoms with Gasteiger partial charge in [-0.2, -0.15) is 11.8 Å². The van der Waals surface area contributed by atoms with E-state index in [1.54, 1.807) is 0 Å². The number of rotatable bonds is 5. The summed E-state index contributed by atoms with van der Waals surface area (Å²) in [6.07, 6.45) is 7.66. The van der Waals surface area contributed by atoms with Crippen LogP contribution in [0.2, 0.25) is 0 Å². The second-order valence-corrected chi connectivity index (χ2v) is 6.87. The highest BCUT2D eigenvalue weighted by Gasteiger charge is 2.15. The highest BCUT2D eigenvalue weighted by atomic mass is 32.2. The van der Waals surface area contributed by atoms with Crippen molar-refractivity contribution in [3.05, 3.63) is 36.3 Å². The van der Waals surface area contributed by atoms with Crippen LogP contribution in [0.4, 0.5) is 0 Å². The number of nitrogens with one attached hydrogen (secondary N) is 2. The van der Waals surface area contributed by atoms with E-state index in [2.05, 4.69) is 43.0 Å². The van der Waals surface area contributed by atoms with Gasteiger partial charge in [0.05, 0.1) is 5.69 Å². The number of fused-ring (bicyclic) bond motifs is 1. The molecule has 0 amide bonds. The van der Waals surface area contributed by atoms with Gasteiger partial charge in [0, 0.05) is 44.2 Å². The zero-order valence-corrected chi connectivity index (χ0v) is 13.8. The van der Waals surface area contributed by atoms with Crippen LogP contribution >= 0.6 is 11.8 Å². The summed E-state index contributed by atoms with van der Waals surface area (Å²) < 4.78 is 2.06. The standard InChI is InChI=1S/C16H23N5S/c1-17-16(19-11-14-5-4-10-22-14)18-8-7-13-12-21-9-3-2-6-15(21)20-13/h2-3,6,9,12,14H,4-5,7-8,10-11H2,1H3,(H2,17,18,19). The Morgan fingerprint density at radius 1 is 1.45 bits per heavy atom. The van der Waals surface area contributed by atoms with Gasteiger partial charge in [0.25, 0.3) is 0 Å². The Morgan fingerprint density at radius 2 is 2.41 bits per heavy atom. The fraction of sp³-hybridized carbons (Fsp3) is 0.500. The van der Waals surface area contributed by atoms with Crippen molar-refractivity contribution in [2.24, 2.45) is 4.99 Å². The maximum Gasteiger partial charge on any atom is 0.191 e. The first-order valence-corrected chi connectivity index (χ1v) is 8.89. The van der Waals surface area contributed by atoms with Crippen LogP contribution in [0, 0.1) is 0 Å². The molecule has 0 aromatic carbocycles. The number of aliphatic imine (C=N–C) groups is 1. The van der Waals surface area contributed by atoms with Gasteiger partial charge in [0.2, 0.25) is 0 Å². The molecule has 3 rings (SSSR count). The molecular formula is C16H23N5S. The highest BCUT2D eigenvalue weighted by Crippen LogP contribution is 2.25. The molecule has 118 valence electrons. The molecular weight excluding hydrogens is 294 g/mol. The van der Waals surface area contributed by atoms with E-state index in [0.29, 0.717) is 0 Å². The summed E-state index contributed by atoms with van der Waals surface area (Å²) in [5, 5.41) is 7.52. The highest BCUT2D eigenvalue weighted by molar-refractivity contribution is 8.00. The van der Waals surface area contributed by atoms with Crippen LogP contribution in [0.25, 0.3) is 5.65 Å². The van der Waals surface area contributed by atoms with Crippen molar-refractivity contribution >= 4 is 23.4 Å². The second-order valence-electron chi connectivity index (χ2n) is 5.46. The molecule has 0 spiro atoms. The third-order valence-electron chi connectivity index (χ3n) is 3.83. The number of hydrogen-bond donors (Lipinski definition) is 2. The van der Waals surface area contributed by atoms with Crippen LogP contribution in [-0.2, 0) is 6.42 Å². The van der Waals surface area contributed by atoms with Gasteiger partial charge in [-0.3, -0.25) is 4.99 Å². The number of thioether (sulfide) groups is 1. The monoisotopic (exact) mass is 317 g/mol. The molecule has 2 N–H and O–H groups in total.